The first kappa shape index (κ1) is 15.2. The van der Waals surface area contributed by atoms with Crippen molar-refractivity contribution in [1.29, 1.82) is 0 Å². The lowest BCUT2D eigenvalue weighted by Crippen LogP contribution is -2.40. The number of aliphatic hydroxyl groups is 1. The number of nitrogens with zero attached hydrogens (tertiary/aromatic N) is 2. The van der Waals surface area contributed by atoms with Gasteiger partial charge in [-0.2, -0.15) is 4.31 Å². The Bertz CT molecular complexity index is 547. The van der Waals surface area contributed by atoms with Gasteiger partial charge in [-0.25, -0.2) is 19.2 Å². The predicted molar refractivity (Wildman–Crippen MR) is 75.2 cm³/mol. The van der Waals surface area contributed by atoms with Gasteiger partial charge in [-0.3, -0.25) is 0 Å². The van der Waals surface area contributed by atoms with Gasteiger partial charge in [-0.1, -0.05) is 0 Å². The van der Waals surface area contributed by atoms with E-state index >= 15 is 0 Å². The van der Waals surface area contributed by atoms with Gasteiger partial charge in [0.2, 0.25) is 10.0 Å². The van der Waals surface area contributed by atoms with E-state index in [4.69, 9.17) is 10.9 Å². The van der Waals surface area contributed by atoms with E-state index in [9.17, 15) is 8.42 Å². The summed E-state index contributed by atoms with van der Waals surface area (Å²) >= 11 is 0. The summed E-state index contributed by atoms with van der Waals surface area (Å²) < 4.78 is 26.7. The number of hydrazine groups is 1. The van der Waals surface area contributed by atoms with Crippen LogP contribution in [0.1, 0.15) is 19.3 Å². The van der Waals surface area contributed by atoms with E-state index in [0.29, 0.717) is 19.5 Å². The maximum absolute atomic E-state index is 12.6. The summed E-state index contributed by atoms with van der Waals surface area (Å²) in [5, 5.41) is 9.00. The van der Waals surface area contributed by atoms with Gasteiger partial charge < -0.3 is 10.5 Å². The molecule has 0 aromatic carbocycles. The van der Waals surface area contributed by atoms with Crippen LogP contribution in [0.2, 0.25) is 0 Å². The first-order valence-corrected chi connectivity index (χ1v) is 8.06. The van der Waals surface area contributed by atoms with Crippen LogP contribution < -0.4 is 11.3 Å². The molecule has 1 atom stereocenters. The molecule has 1 fully saturated rings. The lowest BCUT2D eigenvalue weighted by atomic mass is 9.97. The van der Waals surface area contributed by atoms with E-state index in [0.717, 1.165) is 12.8 Å². The molecule has 0 amide bonds. The van der Waals surface area contributed by atoms with E-state index in [2.05, 4.69) is 10.4 Å². The molecule has 20 heavy (non-hydrogen) atoms. The number of pyridine rings is 1. The predicted octanol–water partition coefficient (Wildman–Crippen LogP) is 0.150. The van der Waals surface area contributed by atoms with Crippen molar-refractivity contribution < 1.29 is 13.5 Å². The molecular formula is C12H20N4O3S. The highest BCUT2D eigenvalue weighted by Gasteiger charge is 2.31. The number of aliphatic hydroxyl groups excluding tert-OH is 1. The number of anilines is 1. The number of nitrogens with one attached hydrogen (secondary N) is 1. The Labute approximate surface area is 118 Å². The molecule has 1 aliphatic heterocycles. The molecule has 0 bridgehead atoms. The van der Waals surface area contributed by atoms with Gasteiger partial charge in [0.15, 0.2) is 5.82 Å². The normalized spacial score (nSPS) is 20.8. The number of aromatic nitrogens is 1. The van der Waals surface area contributed by atoms with Crippen molar-refractivity contribution in [2.75, 3.05) is 25.1 Å². The minimum atomic E-state index is -3.61. The van der Waals surface area contributed by atoms with Gasteiger partial charge in [-0.15, -0.1) is 0 Å². The number of sulfonamides is 1. The monoisotopic (exact) mass is 300 g/mol. The summed E-state index contributed by atoms with van der Waals surface area (Å²) in [7, 11) is -3.61. The standard InChI is InChI=1S/C12H20N4O3S/c13-15-12-11(4-1-6-14-12)20(18,19)16-7-2-3-10(9-16)5-8-17/h1,4,6,10,17H,2-3,5,7-9,13H2,(H,14,15). The molecule has 2 rings (SSSR count). The second kappa shape index (κ2) is 6.49. The number of rotatable bonds is 5. The van der Waals surface area contributed by atoms with Crippen molar-refractivity contribution in [2.24, 2.45) is 11.8 Å². The van der Waals surface area contributed by atoms with Crippen molar-refractivity contribution in [3.05, 3.63) is 18.3 Å². The van der Waals surface area contributed by atoms with Crippen LogP contribution in [-0.4, -0.2) is 42.5 Å². The molecule has 7 nitrogen and oxygen atoms in total. The molecule has 4 N–H and O–H groups in total. The molecule has 8 heteroatoms. The zero-order chi connectivity index (χ0) is 14.6. The number of nitrogens with two attached hydrogens (primary N) is 1. The topological polar surface area (TPSA) is 109 Å². The molecule has 1 unspecified atom stereocenters. The molecule has 112 valence electrons. The summed E-state index contributed by atoms with van der Waals surface area (Å²) in [6.45, 7) is 1.01. The first-order chi connectivity index (χ1) is 9.59. The Morgan fingerprint density at radius 2 is 2.35 bits per heavy atom. The van der Waals surface area contributed by atoms with Gasteiger partial charge in [0.25, 0.3) is 0 Å². The largest absolute Gasteiger partial charge is 0.396 e. The average Bonchev–Trinajstić information content (AvgIpc) is 2.48. The fourth-order valence-corrected chi connectivity index (χ4v) is 4.17. The Kier molecular flexibility index (Phi) is 4.92. The number of nitrogen functional groups attached to an aromatic ring is 1. The van der Waals surface area contributed by atoms with Gasteiger partial charge in [0, 0.05) is 25.9 Å². The Morgan fingerprint density at radius 3 is 3.05 bits per heavy atom. The summed E-state index contributed by atoms with van der Waals surface area (Å²) in [6, 6.07) is 3.07. The fourth-order valence-electron chi connectivity index (χ4n) is 2.51. The molecular weight excluding hydrogens is 280 g/mol. The van der Waals surface area contributed by atoms with E-state index in [1.807, 2.05) is 0 Å². The maximum atomic E-state index is 12.6. The van der Waals surface area contributed by atoms with Crippen molar-refractivity contribution >= 4 is 15.8 Å². The van der Waals surface area contributed by atoms with Gasteiger partial charge in [0.05, 0.1) is 0 Å². The number of piperidine rings is 1. The minimum absolute atomic E-state index is 0.0844. The summed E-state index contributed by atoms with van der Waals surface area (Å²) in [4.78, 5) is 4.02. The number of hydrogen-bond acceptors (Lipinski definition) is 6. The lowest BCUT2D eigenvalue weighted by Gasteiger charge is -2.31. The molecule has 0 radical (unpaired) electrons. The van der Waals surface area contributed by atoms with Crippen LogP contribution in [0.5, 0.6) is 0 Å². The van der Waals surface area contributed by atoms with Crippen LogP contribution in [0.4, 0.5) is 5.82 Å². The molecule has 1 aromatic heterocycles. The first-order valence-electron chi connectivity index (χ1n) is 6.62. The Balaban J connectivity index is 2.25. The van der Waals surface area contributed by atoms with Crippen LogP contribution in [0.15, 0.2) is 23.2 Å². The van der Waals surface area contributed by atoms with Crippen molar-refractivity contribution in [3.63, 3.8) is 0 Å². The molecule has 2 heterocycles. The zero-order valence-electron chi connectivity index (χ0n) is 11.2. The minimum Gasteiger partial charge on any atom is -0.396 e. The van der Waals surface area contributed by atoms with Crippen LogP contribution in [0.3, 0.4) is 0 Å². The summed E-state index contributed by atoms with van der Waals surface area (Å²) in [5.74, 6) is 5.68. The zero-order valence-corrected chi connectivity index (χ0v) is 12.0. The highest BCUT2D eigenvalue weighted by molar-refractivity contribution is 7.89. The van der Waals surface area contributed by atoms with E-state index in [1.165, 1.54) is 16.6 Å². The second-order valence-corrected chi connectivity index (χ2v) is 6.78. The SMILES string of the molecule is NNc1ncccc1S(=O)(=O)N1CCCC(CCO)C1. The highest BCUT2D eigenvalue weighted by atomic mass is 32.2. The Hall–Kier alpha value is -1.22. The van der Waals surface area contributed by atoms with Gasteiger partial charge in [-0.05, 0) is 37.3 Å². The average molecular weight is 300 g/mol. The van der Waals surface area contributed by atoms with Crippen molar-refractivity contribution in [1.82, 2.24) is 9.29 Å². The quantitative estimate of drug-likeness (QED) is 0.527. The van der Waals surface area contributed by atoms with E-state index in [1.54, 1.807) is 6.07 Å². The summed E-state index contributed by atoms with van der Waals surface area (Å²) in [5.41, 5.74) is 2.32. The van der Waals surface area contributed by atoms with Gasteiger partial charge >= 0.3 is 0 Å². The second-order valence-electron chi connectivity index (χ2n) is 4.88. The molecule has 1 aliphatic rings. The lowest BCUT2D eigenvalue weighted by molar-refractivity contribution is 0.203. The van der Waals surface area contributed by atoms with Crippen LogP contribution in [-0.2, 0) is 10.0 Å². The molecule has 0 spiro atoms. The van der Waals surface area contributed by atoms with Gasteiger partial charge in [0.1, 0.15) is 4.90 Å². The molecule has 0 aliphatic carbocycles. The smallest absolute Gasteiger partial charge is 0.246 e. The van der Waals surface area contributed by atoms with Crippen LogP contribution >= 0.6 is 0 Å². The maximum Gasteiger partial charge on any atom is 0.246 e. The third kappa shape index (κ3) is 3.09. The molecule has 0 saturated carbocycles. The summed E-state index contributed by atoms with van der Waals surface area (Å²) in [6.07, 6.45) is 3.86. The number of hydrogen-bond donors (Lipinski definition) is 3. The molecule has 1 aromatic rings. The van der Waals surface area contributed by atoms with E-state index in [-0.39, 0.29) is 23.2 Å². The van der Waals surface area contributed by atoms with E-state index < -0.39 is 10.0 Å². The molecule has 1 saturated heterocycles. The fraction of sp³-hybridized carbons (Fsp3) is 0.583. The highest BCUT2D eigenvalue weighted by Crippen LogP contribution is 2.27. The van der Waals surface area contributed by atoms with Crippen LogP contribution in [0.25, 0.3) is 0 Å². The third-order valence-electron chi connectivity index (χ3n) is 3.54. The third-order valence-corrected chi connectivity index (χ3v) is 5.44. The Morgan fingerprint density at radius 1 is 1.55 bits per heavy atom. The van der Waals surface area contributed by atoms with Crippen molar-refractivity contribution in [2.45, 2.75) is 24.2 Å². The van der Waals surface area contributed by atoms with Crippen LogP contribution in [0, 0.1) is 5.92 Å². The van der Waals surface area contributed by atoms with Crippen molar-refractivity contribution in [3.8, 4) is 0 Å².